The highest BCUT2D eigenvalue weighted by molar-refractivity contribution is 5.69. The quantitative estimate of drug-likeness (QED) is 0.472. The number of nitro benzene ring substituents is 1. The summed E-state index contributed by atoms with van der Waals surface area (Å²) in [6, 6.07) is 8.52. The average molecular weight is 289 g/mol. The zero-order chi connectivity index (χ0) is 15.4. The predicted octanol–water partition coefficient (Wildman–Crippen LogP) is 0.991. The number of hydrogen-bond acceptors (Lipinski definition) is 6. The van der Waals surface area contributed by atoms with E-state index >= 15 is 0 Å². The van der Waals surface area contributed by atoms with Crippen LogP contribution in [0.3, 0.4) is 0 Å². The van der Waals surface area contributed by atoms with Crippen molar-refractivity contribution in [3.05, 3.63) is 56.9 Å². The molecule has 2 aromatic rings. The number of benzene rings is 1. The number of non-ortho nitro benzene ring substituents is 1. The number of aromatic nitrogens is 2. The van der Waals surface area contributed by atoms with Gasteiger partial charge in [0.1, 0.15) is 6.54 Å². The van der Waals surface area contributed by atoms with Crippen LogP contribution in [-0.4, -0.2) is 27.8 Å². The number of ether oxygens (including phenoxy) is 1. The molecular weight excluding hydrogens is 278 g/mol. The van der Waals surface area contributed by atoms with E-state index in [-0.39, 0.29) is 12.2 Å². The van der Waals surface area contributed by atoms with Gasteiger partial charge in [0.25, 0.3) is 11.2 Å². The smallest absolute Gasteiger partial charge is 0.327 e. The van der Waals surface area contributed by atoms with Crippen LogP contribution in [0.25, 0.3) is 11.3 Å². The molecule has 0 spiro atoms. The lowest BCUT2D eigenvalue weighted by atomic mass is 10.1. The number of esters is 1. The topological polar surface area (TPSA) is 104 Å². The van der Waals surface area contributed by atoms with Crippen LogP contribution in [0.2, 0.25) is 0 Å². The molecule has 0 aliphatic rings. The van der Waals surface area contributed by atoms with Crippen LogP contribution < -0.4 is 5.56 Å². The Balaban J connectivity index is 2.43. The highest BCUT2D eigenvalue weighted by Gasteiger charge is 2.11. The Morgan fingerprint density at radius 3 is 2.81 bits per heavy atom. The highest BCUT2D eigenvalue weighted by atomic mass is 16.6. The maximum atomic E-state index is 11.6. The Morgan fingerprint density at radius 1 is 1.38 bits per heavy atom. The van der Waals surface area contributed by atoms with Crippen LogP contribution in [0.15, 0.2) is 41.2 Å². The first-order valence-electron chi connectivity index (χ1n) is 5.91. The van der Waals surface area contributed by atoms with Crippen molar-refractivity contribution in [3.8, 4) is 11.3 Å². The number of carbonyl (C=O) groups excluding carboxylic acids is 1. The molecule has 0 N–H and O–H groups in total. The molecule has 0 amide bonds. The summed E-state index contributed by atoms with van der Waals surface area (Å²) in [4.78, 5) is 33.1. The molecule has 0 saturated heterocycles. The molecule has 8 heteroatoms. The molecule has 0 atom stereocenters. The van der Waals surface area contributed by atoms with Crippen LogP contribution >= 0.6 is 0 Å². The van der Waals surface area contributed by atoms with Crippen LogP contribution in [-0.2, 0) is 16.1 Å². The Labute approximate surface area is 118 Å². The Bertz CT molecular complexity index is 753. The van der Waals surface area contributed by atoms with Crippen molar-refractivity contribution in [2.45, 2.75) is 6.54 Å². The molecule has 1 aromatic heterocycles. The molecular formula is C13H11N3O5. The van der Waals surface area contributed by atoms with Gasteiger partial charge in [-0.1, -0.05) is 12.1 Å². The van der Waals surface area contributed by atoms with Crippen molar-refractivity contribution in [2.75, 3.05) is 7.11 Å². The van der Waals surface area contributed by atoms with Crippen molar-refractivity contribution < 1.29 is 14.5 Å². The first-order chi connectivity index (χ1) is 10.0. The molecule has 21 heavy (non-hydrogen) atoms. The van der Waals surface area contributed by atoms with E-state index in [0.29, 0.717) is 11.3 Å². The summed E-state index contributed by atoms with van der Waals surface area (Å²) < 4.78 is 5.42. The van der Waals surface area contributed by atoms with Gasteiger partial charge >= 0.3 is 5.97 Å². The van der Waals surface area contributed by atoms with Gasteiger partial charge in [-0.25, -0.2) is 4.68 Å². The molecule has 0 unspecified atom stereocenters. The SMILES string of the molecule is COC(=O)Cn1nc(-c2cccc([N+](=O)[O-])c2)ccc1=O. The summed E-state index contributed by atoms with van der Waals surface area (Å²) in [5.74, 6) is -0.610. The fourth-order valence-corrected chi connectivity index (χ4v) is 1.68. The number of nitrogens with zero attached hydrogens (tertiary/aromatic N) is 3. The van der Waals surface area contributed by atoms with Gasteiger partial charge in [-0.2, -0.15) is 5.10 Å². The first-order valence-corrected chi connectivity index (χ1v) is 5.91. The van der Waals surface area contributed by atoms with Crippen molar-refractivity contribution >= 4 is 11.7 Å². The first kappa shape index (κ1) is 14.4. The maximum Gasteiger partial charge on any atom is 0.327 e. The van der Waals surface area contributed by atoms with E-state index in [9.17, 15) is 19.7 Å². The van der Waals surface area contributed by atoms with Crippen molar-refractivity contribution in [2.24, 2.45) is 0 Å². The standard InChI is InChI=1S/C13H11N3O5/c1-21-13(18)8-15-12(17)6-5-11(14-15)9-3-2-4-10(7-9)16(19)20/h2-7H,8H2,1H3. The zero-order valence-electron chi connectivity index (χ0n) is 11.1. The molecule has 0 aliphatic carbocycles. The summed E-state index contributed by atoms with van der Waals surface area (Å²) in [7, 11) is 1.21. The fourth-order valence-electron chi connectivity index (χ4n) is 1.68. The third kappa shape index (κ3) is 3.30. The van der Waals surface area contributed by atoms with E-state index in [1.807, 2.05) is 0 Å². The van der Waals surface area contributed by atoms with Crippen LogP contribution in [0.4, 0.5) is 5.69 Å². The molecule has 0 fully saturated rings. The second-order valence-corrected chi connectivity index (χ2v) is 4.10. The summed E-state index contributed by atoms with van der Waals surface area (Å²) in [6.07, 6.45) is 0. The lowest BCUT2D eigenvalue weighted by Gasteiger charge is -2.06. The number of nitro groups is 1. The normalized spacial score (nSPS) is 10.1. The highest BCUT2D eigenvalue weighted by Crippen LogP contribution is 2.21. The van der Waals surface area contributed by atoms with Gasteiger partial charge in [-0.3, -0.25) is 19.7 Å². The van der Waals surface area contributed by atoms with Gasteiger partial charge in [0, 0.05) is 23.8 Å². The minimum absolute atomic E-state index is 0.0833. The summed E-state index contributed by atoms with van der Waals surface area (Å²) in [5, 5.41) is 14.8. The second-order valence-electron chi connectivity index (χ2n) is 4.10. The maximum absolute atomic E-state index is 11.6. The van der Waals surface area contributed by atoms with E-state index in [2.05, 4.69) is 9.84 Å². The predicted molar refractivity (Wildman–Crippen MR) is 72.6 cm³/mol. The third-order valence-electron chi connectivity index (χ3n) is 2.73. The fraction of sp³-hybridized carbons (Fsp3) is 0.154. The number of methoxy groups -OCH3 is 1. The second kappa shape index (κ2) is 5.95. The van der Waals surface area contributed by atoms with Crippen molar-refractivity contribution in [1.82, 2.24) is 9.78 Å². The average Bonchev–Trinajstić information content (AvgIpc) is 2.49. The van der Waals surface area contributed by atoms with Crippen molar-refractivity contribution in [3.63, 3.8) is 0 Å². The van der Waals surface area contributed by atoms with Gasteiger partial charge in [-0.15, -0.1) is 0 Å². The van der Waals surface area contributed by atoms with Crippen LogP contribution in [0.5, 0.6) is 0 Å². The molecule has 1 heterocycles. The molecule has 0 radical (unpaired) electrons. The zero-order valence-corrected chi connectivity index (χ0v) is 11.1. The van der Waals surface area contributed by atoms with Gasteiger partial charge in [0.2, 0.25) is 0 Å². The van der Waals surface area contributed by atoms with E-state index in [0.717, 1.165) is 4.68 Å². The van der Waals surface area contributed by atoms with E-state index < -0.39 is 16.5 Å². The van der Waals surface area contributed by atoms with Gasteiger partial charge in [0.15, 0.2) is 0 Å². The van der Waals surface area contributed by atoms with Gasteiger partial charge in [0.05, 0.1) is 17.7 Å². The third-order valence-corrected chi connectivity index (χ3v) is 2.73. The number of carbonyl (C=O) groups is 1. The van der Waals surface area contributed by atoms with E-state index in [1.54, 1.807) is 6.07 Å². The van der Waals surface area contributed by atoms with Gasteiger partial charge < -0.3 is 4.74 Å². The number of hydrogen-bond donors (Lipinski definition) is 0. The largest absolute Gasteiger partial charge is 0.468 e. The summed E-state index contributed by atoms with van der Waals surface area (Å²) in [5.41, 5.74) is 0.277. The molecule has 0 saturated carbocycles. The van der Waals surface area contributed by atoms with E-state index in [1.165, 1.54) is 37.4 Å². The minimum atomic E-state index is -0.610. The Kier molecular flexibility index (Phi) is 4.07. The van der Waals surface area contributed by atoms with Crippen LogP contribution in [0, 0.1) is 10.1 Å². The summed E-state index contributed by atoms with van der Waals surface area (Å²) in [6.45, 7) is -0.321. The molecule has 0 bridgehead atoms. The van der Waals surface area contributed by atoms with Gasteiger partial charge in [-0.05, 0) is 6.07 Å². The molecule has 8 nitrogen and oxygen atoms in total. The minimum Gasteiger partial charge on any atom is -0.468 e. The lowest BCUT2D eigenvalue weighted by Crippen LogP contribution is -2.26. The lowest BCUT2D eigenvalue weighted by molar-refractivity contribution is -0.384. The van der Waals surface area contributed by atoms with E-state index in [4.69, 9.17) is 0 Å². The molecule has 2 rings (SSSR count). The van der Waals surface area contributed by atoms with Crippen LogP contribution in [0.1, 0.15) is 0 Å². The summed E-state index contributed by atoms with van der Waals surface area (Å²) >= 11 is 0. The Hall–Kier alpha value is -3.03. The van der Waals surface area contributed by atoms with Crippen molar-refractivity contribution in [1.29, 1.82) is 0 Å². The molecule has 108 valence electrons. The number of rotatable bonds is 4. The molecule has 1 aromatic carbocycles. The monoisotopic (exact) mass is 289 g/mol. The Morgan fingerprint density at radius 2 is 2.14 bits per heavy atom. The molecule has 0 aliphatic heterocycles.